The molecule has 0 saturated carbocycles. The standard InChI is InChI=1S/C18H29N3O/c1-14(2)8-6-9-15(3)20-18(22)16-10-7-11-19-17(16)21-12-4-5-13-21/h7,10-11,14-15H,4-6,8-9,12-13H2,1-3H3,(H,20,22). The number of aromatic nitrogens is 1. The molecule has 0 aromatic carbocycles. The fourth-order valence-electron chi connectivity index (χ4n) is 2.96. The quantitative estimate of drug-likeness (QED) is 0.836. The first-order chi connectivity index (χ1) is 10.6. The molecule has 1 atom stereocenters. The van der Waals surface area contributed by atoms with Crippen LogP contribution in [0.1, 0.15) is 63.2 Å². The molecule has 122 valence electrons. The topological polar surface area (TPSA) is 45.2 Å². The Balaban J connectivity index is 1.94. The molecule has 4 nitrogen and oxygen atoms in total. The predicted molar refractivity (Wildman–Crippen MR) is 91.3 cm³/mol. The molecule has 0 spiro atoms. The van der Waals surface area contributed by atoms with Gasteiger partial charge in [-0.1, -0.05) is 26.7 Å². The van der Waals surface area contributed by atoms with Crippen LogP contribution in [0, 0.1) is 5.92 Å². The second-order valence-electron chi connectivity index (χ2n) is 6.77. The molecule has 4 heteroatoms. The van der Waals surface area contributed by atoms with Gasteiger partial charge >= 0.3 is 0 Å². The highest BCUT2D eigenvalue weighted by Gasteiger charge is 2.21. The maximum absolute atomic E-state index is 12.6. The Hall–Kier alpha value is -1.58. The Kier molecular flexibility index (Phi) is 6.22. The first-order valence-corrected chi connectivity index (χ1v) is 8.58. The van der Waals surface area contributed by atoms with E-state index in [1.807, 2.05) is 12.1 Å². The van der Waals surface area contributed by atoms with Gasteiger partial charge in [0.15, 0.2) is 0 Å². The number of pyridine rings is 1. The lowest BCUT2D eigenvalue weighted by atomic mass is 10.0. The molecule has 1 saturated heterocycles. The van der Waals surface area contributed by atoms with Crippen LogP contribution >= 0.6 is 0 Å². The number of rotatable bonds is 7. The summed E-state index contributed by atoms with van der Waals surface area (Å²) in [6.45, 7) is 8.56. The van der Waals surface area contributed by atoms with Crippen molar-refractivity contribution in [2.75, 3.05) is 18.0 Å². The zero-order chi connectivity index (χ0) is 15.9. The smallest absolute Gasteiger partial charge is 0.255 e. The number of amides is 1. The van der Waals surface area contributed by atoms with E-state index in [1.165, 1.54) is 19.3 Å². The number of anilines is 1. The predicted octanol–water partition coefficient (Wildman–Crippen LogP) is 3.63. The molecular weight excluding hydrogens is 274 g/mol. The number of nitrogens with one attached hydrogen (secondary N) is 1. The third-order valence-corrected chi connectivity index (χ3v) is 4.23. The van der Waals surface area contributed by atoms with Gasteiger partial charge in [0.1, 0.15) is 5.82 Å². The van der Waals surface area contributed by atoms with Gasteiger partial charge in [-0.15, -0.1) is 0 Å². The summed E-state index contributed by atoms with van der Waals surface area (Å²) in [4.78, 5) is 19.2. The number of hydrogen-bond donors (Lipinski definition) is 1. The van der Waals surface area contributed by atoms with Crippen LogP contribution in [0.3, 0.4) is 0 Å². The highest BCUT2D eigenvalue weighted by atomic mass is 16.1. The van der Waals surface area contributed by atoms with Gasteiger partial charge in [-0.25, -0.2) is 4.98 Å². The van der Waals surface area contributed by atoms with Crippen molar-refractivity contribution in [1.82, 2.24) is 10.3 Å². The van der Waals surface area contributed by atoms with E-state index in [0.29, 0.717) is 5.56 Å². The number of nitrogens with zero attached hydrogens (tertiary/aromatic N) is 2. The molecule has 1 unspecified atom stereocenters. The molecule has 1 aliphatic heterocycles. The minimum Gasteiger partial charge on any atom is -0.356 e. The molecule has 1 aliphatic rings. The van der Waals surface area contributed by atoms with Crippen LogP contribution in [-0.2, 0) is 0 Å². The molecule has 1 N–H and O–H groups in total. The molecule has 1 amide bonds. The Morgan fingerprint density at radius 1 is 1.27 bits per heavy atom. The fraction of sp³-hybridized carbons (Fsp3) is 0.667. The van der Waals surface area contributed by atoms with Gasteiger partial charge in [0.25, 0.3) is 5.91 Å². The fourth-order valence-corrected chi connectivity index (χ4v) is 2.96. The van der Waals surface area contributed by atoms with Crippen LogP contribution in [0.2, 0.25) is 0 Å². The summed E-state index contributed by atoms with van der Waals surface area (Å²) < 4.78 is 0. The van der Waals surface area contributed by atoms with E-state index in [4.69, 9.17) is 0 Å². The van der Waals surface area contributed by atoms with Crippen LogP contribution in [-0.4, -0.2) is 30.0 Å². The van der Waals surface area contributed by atoms with Gasteiger partial charge in [-0.2, -0.15) is 0 Å². The van der Waals surface area contributed by atoms with Crippen LogP contribution in [0.25, 0.3) is 0 Å². The molecule has 0 radical (unpaired) electrons. The normalized spacial score (nSPS) is 16.1. The largest absolute Gasteiger partial charge is 0.356 e. The molecule has 22 heavy (non-hydrogen) atoms. The summed E-state index contributed by atoms with van der Waals surface area (Å²) in [5.41, 5.74) is 0.708. The zero-order valence-electron chi connectivity index (χ0n) is 14.1. The average molecular weight is 303 g/mol. The molecule has 1 fully saturated rings. The van der Waals surface area contributed by atoms with Crippen LogP contribution in [0.5, 0.6) is 0 Å². The third-order valence-electron chi connectivity index (χ3n) is 4.23. The molecule has 0 aliphatic carbocycles. The van der Waals surface area contributed by atoms with E-state index < -0.39 is 0 Å². The highest BCUT2D eigenvalue weighted by Crippen LogP contribution is 2.22. The third kappa shape index (κ3) is 4.72. The average Bonchev–Trinajstić information content (AvgIpc) is 3.00. The van der Waals surface area contributed by atoms with E-state index in [2.05, 4.69) is 36.0 Å². The minimum absolute atomic E-state index is 0.00652. The number of carbonyl (C=O) groups is 1. The van der Waals surface area contributed by atoms with E-state index in [1.54, 1.807) is 6.20 Å². The molecule has 1 aromatic rings. The van der Waals surface area contributed by atoms with E-state index in [0.717, 1.165) is 37.7 Å². The molecule has 1 aromatic heterocycles. The number of carbonyl (C=O) groups excluding carboxylic acids is 1. The van der Waals surface area contributed by atoms with Crippen LogP contribution < -0.4 is 10.2 Å². The van der Waals surface area contributed by atoms with E-state index in [9.17, 15) is 4.79 Å². The van der Waals surface area contributed by atoms with Crippen molar-refractivity contribution < 1.29 is 4.79 Å². The van der Waals surface area contributed by atoms with Gasteiger partial charge in [0.2, 0.25) is 0 Å². The molecular formula is C18H29N3O. The van der Waals surface area contributed by atoms with Crippen molar-refractivity contribution in [3.8, 4) is 0 Å². The zero-order valence-corrected chi connectivity index (χ0v) is 14.1. The Labute approximate surface area is 134 Å². The van der Waals surface area contributed by atoms with Crippen molar-refractivity contribution in [1.29, 1.82) is 0 Å². The molecule has 2 rings (SSSR count). The van der Waals surface area contributed by atoms with Crippen molar-refractivity contribution >= 4 is 11.7 Å². The Morgan fingerprint density at radius 3 is 2.68 bits per heavy atom. The molecule has 0 bridgehead atoms. The molecule has 2 heterocycles. The SMILES string of the molecule is CC(C)CCCC(C)NC(=O)c1cccnc1N1CCCC1. The summed E-state index contributed by atoms with van der Waals surface area (Å²) >= 11 is 0. The van der Waals surface area contributed by atoms with Crippen molar-refractivity contribution in [2.45, 2.75) is 58.9 Å². The van der Waals surface area contributed by atoms with Crippen LogP contribution in [0.15, 0.2) is 18.3 Å². The lowest BCUT2D eigenvalue weighted by molar-refractivity contribution is 0.0938. The summed E-state index contributed by atoms with van der Waals surface area (Å²) in [7, 11) is 0. The van der Waals surface area contributed by atoms with Crippen molar-refractivity contribution in [3.05, 3.63) is 23.9 Å². The van der Waals surface area contributed by atoms with Gasteiger partial charge in [-0.3, -0.25) is 4.79 Å². The van der Waals surface area contributed by atoms with Crippen LogP contribution in [0.4, 0.5) is 5.82 Å². The first-order valence-electron chi connectivity index (χ1n) is 8.58. The summed E-state index contributed by atoms with van der Waals surface area (Å²) in [5.74, 6) is 1.57. The van der Waals surface area contributed by atoms with Gasteiger partial charge in [-0.05, 0) is 44.2 Å². The van der Waals surface area contributed by atoms with Crippen molar-refractivity contribution in [3.63, 3.8) is 0 Å². The maximum Gasteiger partial charge on any atom is 0.255 e. The van der Waals surface area contributed by atoms with E-state index >= 15 is 0 Å². The lowest BCUT2D eigenvalue weighted by Gasteiger charge is -2.21. The monoisotopic (exact) mass is 303 g/mol. The van der Waals surface area contributed by atoms with Crippen molar-refractivity contribution in [2.24, 2.45) is 5.92 Å². The first kappa shape index (κ1) is 16.8. The Morgan fingerprint density at radius 2 is 2.00 bits per heavy atom. The number of hydrogen-bond acceptors (Lipinski definition) is 3. The van der Waals surface area contributed by atoms with E-state index in [-0.39, 0.29) is 11.9 Å². The second-order valence-corrected chi connectivity index (χ2v) is 6.77. The minimum atomic E-state index is 0.00652. The van der Waals surface area contributed by atoms with Gasteiger partial charge < -0.3 is 10.2 Å². The summed E-state index contributed by atoms with van der Waals surface area (Å²) in [5, 5.41) is 3.13. The Bertz CT molecular complexity index is 481. The summed E-state index contributed by atoms with van der Waals surface area (Å²) in [6.07, 6.45) is 7.55. The second kappa shape index (κ2) is 8.16. The van der Waals surface area contributed by atoms with Gasteiger partial charge in [0, 0.05) is 25.3 Å². The lowest BCUT2D eigenvalue weighted by Crippen LogP contribution is -2.34. The maximum atomic E-state index is 12.6. The summed E-state index contributed by atoms with van der Waals surface area (Å²) in [6, 6.07) is 3.94. The highest BCUT2D eigenvalue weighted by molar-refractivity contribution is 5.99. The van der Waals surface area contributed by atoms with Gasteiger partial charge in [0.05, 0.1) is 5.56 Å².